The zero-order chi connectivity index (χ0) is 15.1. The van der Waals surface area contributed by atoms with Gasteiger partial charge in [0.2, 0.25) is 0 Å². The van der Waals surface area contributed by atoms with E-state index in [-0.39, 0.29) is 12.4 Å². The molecular formula is C15H17ClN2O2S. The van der Waals surface area contributed by atoms with E-state index in [0.717, 1.165) is 28.5 Å². The van der Waals surface area contributed by atoms with Gasteiger partial charge in [0, 0.05) is 29.8 Å². The van der Waals surface area contributed by atoms with E-state index < -0.39 is 0 Å². The average Bonchev–Trinajstić information content (AvgIpc) is 2.50. The van der Waals surface area contributed by atoms with Crippen molar-refractivity contribution in [3.8, 4) is 5.75 Å². The topological polar surface area (TPSA) is 65.4 Å². The van der Waals surface area contributed by atoms with Crippen molar-refractivity contribution in [1.29, 1.82) is 0 Å². The lowest BCUT2D eigenvalue weighted by molar-refractivity contribution is 0.322. The summed E-state index contributed by atoms with van der Waals surface area (Å²) in [6.45, 7) is 0.640. The minimum Gasteiger partial charge on any atom is -0.506 e. The Morgan fingerprint density at radius 2 is 2.14 bits per heavy atom. The van der Waals surface area contributed by atoms with E-state index in [2.05, 4.69) is 10.3 Å². The maximum absolute atomic E-state index is 9.85. The number of anilines is 1. The molecule has 0 amide bonds. The molecule has 1 heterocycles. The number of aliphatic hydroxyl groups excluding tert-OH is 1. The second-order valence-corrected chi connectivity index (χ2v) is 5.94. The number of phenolic OH excluding ortho intramolecular Hbond substituents is 1. The molecule has 21 heavy (non-hydrogen) atoms. The summed E-state index contributed by atoms with van der Waals surface area (Å²) >= 11 is 7.55. The number of aromatic nitrogens is 1. The van der Waals surface area contributed by atoms with Crippen LogP contribution in [0.1, 0.15) is 11.1 Å². The fourth-order valence-electron chi connectivity index (χ4n) is 1.80. The summed E-state index contributed by atoms with van der Waals surface area (Å²) in [5, 5.41) is 22.1. The van der Waals surface area contributed by atoms with Gasteiger partial charge in [-0.3, -0.25) is 0 Å². The Labute approximate surface area is 133 Å². The number of rotatable bonds is 7. The molecule has 6 heteroatoms. The number of hydrogen-bond acceptors (Lipinski definition) is 5. The van der Waals surface area contributed by atoms with Crippen molar-refractivity contribution in [3.63, 3.8) is 0 Å². The van der Waals surface area contributed by atoms with Gasteiger partial charge in [0.15, 0.2) is 0 Å². The Balaban J connectivity index is 1.96. The number of pyridine rings is 1. The molecule has 0 radical (unpaired) electrons. The number of hydrogen-bond donors (Lipinski definition) is 3. The first-order valence-electron chi connectivity index (χ1n) is 6.54. The molecule has 0 atom stereocenters. The normalized spacial score (nSPS) is 10.6. The van der Waals surface area contributed by atoms with Gasteiger partial charge in [-0.1, -0.05) is 23.7 Å². The molecule has 0 unspecified atom stereocenters. The summed E-state index contributed by atoms with van der Waals surface area (Å²) in [6, 6.07) is 9.18. The number of phenols is 1. The number of benzene rings is 1. The van der Waals surface area contributed by atoms with Crippen molar-refractivity contribution >= 4 is 29.2 Å². The van der Waals surface area contributed by atoms with Gasteiger partial charge in [0.05, 0.1) is 11.6 Å². The zero-order valence-electron chi connectivity index (χ0n) is 11.4. The summed E-state index contributed by atoms with van der Waals surface area (Å²) in [5.74, 6) is 2.40. The Bertz CT molecular complexity index is 596. The lowest BCUT2D eigenvalue weighted by Gasteiger charge is -2.09. The van der Waals surface area contributed by atoms with Crippen molar-refractivity contribution < 1.29 is 10.2 Å². The molecule has 1 aromatic carbocycles. The fraction of sp³-hybridized carbons (Fsp3) is 0.267. The Morgan fingerprint density at radius 1 is 1.29 bits per heavy atom. The Morgan fingerprint density at radius 3 is 2.95 bits per heavy atom. The maximum Gasteiger partial charge on any atom is 0.139 e. The van der Waals surface area contributed by atoms with Crippen molar-refractivity contribution in [3.05, 3.63) is 52.7 Å². The number of halogens is 1. The molecule has 4 nitrogen and oxygen atoms in total. The van der Waals surface area contributed by atoms with Crippen molar-refractivity contribution in [2.45, 2.75) is 12.3 Å². The second kappa shape index (κ2) is 8.12. The van der Waals surface area contributed by atoms with Crippen molar-refractivity contribution in [2.75, 3.05) is 17.7 Å². The highest BCUT2D eigenvalue weighted by atomic mass is 35.5. The van der Waals surface area contributed by atoms with Crippen LogP contribution < -0.4 is 5.32 Å². The molecule has 0 bridgehead atoms. The van der Waals surface area contributed by atoms with Gasteiger partial charge in [0.1, 0.15) is 11.6 Å². The van der Waals surface area contributed by atoms with Crippen LogP contribution in [-0.2, 0) is 12.3 Å². The first-order chi connectivity index (χ1) is 10.2. The third-order valence-corrected chi connectivity index (χ3v) is 4.17. The van der Waals surface area contributed by atoms with Crippen molar-refractivity contribution in [2.24, 2.45) is 0 Å². The van der Waals surface area contributed by atoms with Gasteiger partial charge < -0.3 is 15.5 Å². The van der Waals surface area contributed by atoms with E-state index in [1.54, 1.807) is 30.1 Å². The molecule has 112 valence electrons. The smallest absolute Gasteiger partial charge is 0.139 e. The molecule has 0 fully saturated rings. The van der Waals surface area contributed by atoms with E-state index >= 15 is 0 Å². The number of nitrogens with zero attached hydrogens (tertiary/aromatic N) is 1. The summed E-state index contributed by atoms with van der Waals surface area (Å²) in [5.41, 5.74) is 1.87. The molecular weight excluding hydrogens is 308 g/mol. The quantitative estimate of drug-likeness (QED) is 0.682. The monoisotopic (exact) mass is 324 g/mol. The number of aliphatic hydroxyl groups is 1. The van der Waals surface area contributed by atoms with Crippen LogP contribution in [0, 0.1) is 0 Å². The molecule has 0 spiro atoms. The van der Waals surface area contributed by atoms with Gasteiger partial charge in [-0.15, -0.1) is 0 Å². The van der Waals surface area contributed by atoms with Crippen molar-refractivity contribution in [1.82, 2.24) is 4.98 Å². The third kappa shape index (κ3) is 4.81. The average molecular weight is 325 g/mol. The highest BCUT2D eigenvalue weighted by Crippen LogP contribution is 2.27. The lowest BCUT2D eigenvalue weighted by Crippen LogP contribution is -2.02. The van der Waals surface area contributed by atoms with E-state index in [9.17, 15) is 5.11 Å². The van der Waals surface area contributed by atoms with Gasteiger partial charge in [0.25, 0.3) is 0 Å². The first-order valence-corrected chi connectivity index (χ1v) is 8.07. The molecule has 0 saturated heterocycles. The van der Waals surface area contributed by atoms with E-state index in [4.69, 9.17) is 16.7 Å². The summed E-state index contributed by atoms with van der Waals surface area (Å²) < 4.78 is 0. The van der Waals surface area contributed by atoms with Crippen LogP contribution in [0.25, 0.3) is 0 Å². The summed E-state index contributed by atoms with van der Waals surface area (Å²) in [7, 11) is 0. The van der Waals surface area contributed by atoms with Crippen LogP contribution in [0.4, 0.5) is 5.82 Å². The number of aromatic hydroxyl groups is 1. The molecule has 1 aromatic heterocycles. The minimum atomic E-state index is 0.0984. The SMILES string of the molecule is OCCSCc1ccnc(NCc2cccc(Cl)c2O)c1. The summed E-state index contributed by atoms with van der Waals surface area (Å²) in [4.78, 5) is 4.25. The molecule has 0 saturated carbocycles. The highest BCUT2D eigenvalue weighted by Gasteiger charge is 2.05. The van der Waals surface area contributed by atoms with Crippen LogP contribution in [0.15, 0.2) is 36.5 Å². The van der Waals surface area contributed by atoms with Crippen LogP contribution in [-0.4, -0.2) is 27.6 Å². The molecule has 0 aliphatic heterocycles. The second-order valence-electron chi connectivity index (χ2n) is 4.43. The van der Waals surface area contributed by atoms with Gasteiger partial charge in [-0.2, -0.15) is 11.8 Å². The molecule has 2 aromatic rings. The highest BCUT2D eigenvalue weighted by molar-refractivity contribution is 7.98. The Hall–Kier alpha value is -1.43. The molecule has 0 aliphatic carbocycles. The number of thioether (sulfide) groups is 1. The van der Waals surface area contributed by atoms with Crippen LogP contribution in [0.5, 0.6) is 5.75 Å². The molecule has 2 rings (SSSR count). The Kier molecular flexibility index (Phi) is 6.17. The third-order valence-electron chi connectivity index (χ3n) is 2.86. The first kappa shape index (κ1) is 15.9. The predicted molar refractivity (Wildman–Crippen MR) is 87.9 cm³/mol. The minimum absolute atomic E-state index is 0.0984. The van der Waals surface area contributed by atoms with Gasteiger partial charge in [-0.25, -0.2) is 4.98 Å². The molecule has 3 N–H and O–H groups in total. The number of para-hydroxylation sites is 1. The lowest BCUT2D eigenvalue weighted by atomic mass is 10.2. The van der Waals surface area contributed by atoms with Crippen LogP contribution in [0.2, 0.25) is 5.02 Å². The maximum atomic E-state index is 9.85. The van der Waals surface area contributed by atoms with Crippen LogP contribution in [0.3, 0.4) is 0 Å². The number of nitrogens with one attached hydrogen (secondary N) is 1. The van der Waals surface area contributed by atoms with Gasteiger partial charge in [-0.05, 0) is 23.8 Å². The largest absolute Gasteiger partial charge is 0.506 e. The van der Waals surface area contributed by atoms with Crippen LogP contribution >= 0.6 is 23.4 Å². The summed E-state index contributed by atoms with van der Waals surface area (Å²) in [6.07, 6.45) is 1.75. The van der Waals surface area contributed by atoms with E-state index in [1.165, 1.54) is 0 Å². The van der Waals surface area contributed by atoms with Gasteiger partial charge >= 0.3 is 0 Å². The fourth-order valence-corrected chi connectivity index (χ4v) is 2.69. The zero-order valence-corrected chi connectivity index (χ0v) is 13.0. The predicted octanol–water partition coefficient (Wildman–Crippen LogP) is 3.28. The van der Waals surface area contributed by atoms with E-state index in [1.807, 2.05) is 18.2 Å². The standard InChI is InChI=1S/C15H17ClN2O2S/c16-13-3-1-2-12(15(13)20)9-18-14-8-11(4-5-17-14)10-21-7-6-19/h1-5,8,19-20H,6-7,9-10H2,(H,17,18). The molecule has 0 aliphatic rings. The van der Waals surface area contributed by atoms with E-state index in [0.29, 0.717) is 11.6 Å².